The van der Waals surface area contributed by atoms with Crippen LogP contribution in [0.15, 0.2) is 65.7 Å². The molecule has 0 saturated heterocycles. The fourth-order valence-electron chi connectivity index (χ4n) is 2.54. The van der Waals surface area contributed by atoms with Gasteiger partial charge in [-0.25, -0.2) is 9.19 Å². The predicted molar refractivity (Wildman–Crippen MR) is 117 cm³/mol. The Morgan fingerprint density at radius 3 is 2.63 bits per heavy atom. The molecule has 0 fully saturated rings. The maximum absolute atomic E-state index is 12.3. The molecule has 1 atom stereocenters. The quantitative estimate of drug-likeness (QED) is 0.493. The van der Waals surface area contributed by atoms with Crippen molar-refractivity contribution in [3.63, 3.8) is 0 Å². The number of halogens is 2. The van der Waals surface area contributed by atoms with Crippen molar-refractivity contribution in [1.82, 2.24) is 10.3 Å². The van der Waals surface area contributed by atoms with Crippen molar-refractivity contribution >= 4 is 38.9 Å². The average Bonchev–Trinajstić information content (AvgIpc) is 2.73. The smallest absolute Gasteiger partial charge is 0.302 e. The zero-order valence-corrected chi connectivity index (χ0v) is 18.3. The van der Waals surface area contributed by atoms with Gasteiger partial charge in [0.1, 0.15) is 10.6 Å². The van der Waals surface area contributed by atoms with Gasteiger partial charge >= 0.3 is 9.84 Å². The van der Waals surface area contributed by atoms with Crippen molar-refractivity contribution in [2.45, 2.75) is 18.4 Å². The van der Waals surface area contributed by atoms with Crippen LogP contribution in [0.2, 0.25) is 10.0 Å². The molecule has 3 aromatic rings. The van der Waals surface area contributed by atoms with Crippen molar-refractivity contribution in [3.05, 3.63) is 82.0 Å². The van der Waals surface area contributed by atoms with Gasteiger partial charge in [-0.15, -0.1) is 0 Å². The molecular weight excluding hydrogens is 447 g/mol. The van der Waals surface area contributed by atoms with Gasteiger partial charge < -0.3 is 10.1 Å². The molecule has 0 saturated carbocycles. The number of nitrogens with zero attached hydrogens (tertiary/aromatic N) is 1. The van der Waals surface area contributed by atoms with Crippen LogP contribution in [0, 0.1) is 0 Å². The molecule has 0 aliphatic rings. The highest BCUT2D eigenvalue weighted by Crippen LogP contribution is 2.24. The van der Waals surface area contributed by atoms with Gasteiger partial charge in [0, 0.05) is 34.9 Å². The van der Waals surface area contributed by atoms with Crippen LogP contribution in [0.5, 0.6) is 11.6 Å². The summed E-state index contributed by atoms with van der Waals surface area (Å²) in [6.07, 6.45) is 1.39. The first-order valence-electron chi connectivity index (χ1n) is 8.99. The zero-order valence-electron chi connectivity index (χ0n) is 16.0. The minimum atomic E-state index is -3.09. The molecule has 1 amide bonds. The highest BCUT2D eigenvalue weighted by molar-refractivity contribution is 7.91. The van der Waals surface area contributed by atoms with E-state index in [9.17, 15) is 13.2 Å². The van der Waals surface area contributed by atoms with Crippen molar-refractivity contribution in [2.24, 2.45) is 0 Å². The molecule has 1 heterocycles. The van der Waals surface area contributed by atoms with Gasteiger partial charge in [0.05, 0.1) is 11.3 Å². The molecule has 0 aliphatic heterocycles. The van der Waals surface area contributed by atoms with E-state index in [1.165, 1.54) is 12.3 Å². The van der Waals surface area contributed by atoms with E-state index in [-0.39, 0.29) is 24.1 Å². The summed E-state index contributed by atoms with van der Waals surface area (Å²) in [5.74, 6) is 0.431. The van der Waals surface area contributed by atoms with Gasteiger partial charge in [0.2, 0.25) is 5.88 Å². The minimum Gasteiger partial charge on any atom is -0.439 e. The second kappa shape index (κ2) is 9.47. The summed E-state index contributed by atoms with van der Waals surface area (Å²) < 4.78 is 27.7. The lowest BCUT2D eigenvalue weighted by Gasteiger charge is -2.09. The Morgan fingerprint density at radius 1 is 1.17 bits per heavy atom. The number of carbonyl (C=O) groups excluding carboxylic acids is 1. The number of hydrogen-bond acceptors (Lipinski definition) is 4. The highest BCUT2D eigenvalue weighted by Gasteiger charge is 2.18. The molecule has 6 nitrogen and oxygen atoms in total. The fraction of sp³-hybridized carbons (Fsp3) is 0.143. The fourth-order valence-corrected chi connectivity index (χ4v) is 3.94. The van der Waals surface area contributed by atoms with Crippen molar-refractivity contribution in [1.29, 1.82) is 0 Å². The van der Waals surface area contributed by atoms with Crippen LogP contribution in [0.4, 0.5) is 0 Å². The van der Waals surface area contributed by atoms with E-state index >= 15 is 0 Å². The number of pyridine rings is 1. The molecule has 3 rings (SSSR count). The number of nitrogens with one attached hydrogen (secondary N) is 1. The molecule has 1 aromatic heterocycles. The zero-order chi connectivity index (χ0) is 21.7. The topological polar surface area (TPSA) is 89.7 Å². The van der Waals surface area contributed by atoms with E-state index in [0.717, 1.165) is 5.56 Å². The normalized spacial score (nSPS) is 12.8. The number of rotatable bonds is 7. The third-order valence-corrected chi connectivity index (χ3v) is 6.60. The van der Waals surface area contributed by atoms with E-state index in [0.29, 0.717) is 26.3 Å². The molecular formula is C21H19Cl2N2O4S+. The van der Waals surface area contributed by atoms with Crippen molar-refractivity contribution < 1.29 is 17.9 Å². The Labute approximate surface area is 184 Å². The van der Waals surface area contributed by atoms with Crippen LogP contribution in [-0.4, -0.2) is 25.1 Å². The minimum absolute atomic E-state index is 0.111. The largest absolute Gasteiger partial charge is 0.439 e. The monoisotopic (exact) mass is 465 g/mol. The van der Waals surface area contributed by atoms with Crippen LogP contribution < -0.4 is 10.1 Å². The molecule has 0 bridgehead atoms. The lowest BCUT2D eigenvalue weighted by Crippen LogP contribution is -2.23. The van der Waals surface area contributed by atoms with E-state index in [1.54, 1.807) is 55.5 Å². The summed E-state index contributed by atoms with van der Waals surface area (Å²) in [4.78, 5) is 16.8. The Kier molecular flexibility index (Phi) is 6.97. The number of benzene rings is 2. The van der Waals surface area contributed by atoms with Crippen molar-refractivity contribution in [2.75, 3.05) is 5.75 Å². The molecule has 156 valence electrons. The lowest BCUT2D eigenvalue weighted by atomic mass is 10.2. The van der Waals surface area contributed by atoms with Gasteiger partial charge in [-0.3, -0.25) is 4.79 Å². The second-order valence-corrected chi connectivity index (χ2v) is 9.48. The molecule has 2 N–H and O–H groups in total. The SMILES string of the molecule is CCS(=O)(=[OH+])c1cccc(Oc2ccc(C(=O)NCc3ccc(Cl)cc3Cl)cn2)c1. The number of hydrogen-bond donors (Lipinski definition) is 1. The summed E-state index contributed by atoms with van der Waals surface area (Å²) in [7, 11) is -3.09. The number of ether oxygens (including phenoxy) is 1. The predicted octanol–water partition coefficient (Wildman–Crippen LogP) is 5.06. The summed E-state index contributed by atoms with van der Waals surface area (Å²) in [5.41, 5.74) is 1.10. The number of carbonyl (C=O) groups is 1. The first kappa shape index (κ1) is 22.1. The molecule has 9 heteroatoms. The van der Waals surface area contributed by atoms with Crippen molar-refractivity contribution in [3.8, 4) is 11.6 Å². The maximum atomic E-state index is 12.3. The third kappa shape index (κ3) is 5.50. The Balaban J connectivity index is 1.65. The summed E-state index contributed by atoms with van der Waals surface area (Å²) in [6.45, 7) is 1.89. The Hall–Kier alpha value is -2.61. The Morgan fingerprint density at radius 2 is 1.97 bits per heavy atom. The van der Waals surface area contributed by atoms with E-state index < -0.39 is 9.84 Å². The van der Waals surface area contributed by atoms with Gasteiger partial charge in [0.25, 0.3) is 5.91 Å². The molecule has 2 aromatic carbocycles. The molecule has 30 heavy (non-hydrogen) atoms. The molecule has 0 radical (unpaired) electrons. The molecule has 0 spiro atoms. The summed E-state index contributed by atoms with van der Waals surface area (Å²) in [5, 5.41) is 3.77. The van der Waals surface area contributed by atoms with Gasteiger partial charge in [0.15, 0.2) is 0 Å². The number of amides is 1. The average molecular weight is 466 g/mol. The maximum Gasteiger partial charge on any atom is 0.302 e. The van der Waals surface area contributed by atoms with Gasteiger partial charge in [-0.05, 0) is 42.8 Å². The highest BCUT2D eigenvalue weighted by atomic mass is 35.5. The van der Waals surface area contributed by atoms with E-state index in [1.807, 2.05) is 0 Å². The summed E-state index contributed by atoms with van der Waals surface area (Å²) in [6, 6.07) is 14.6. The lowest BCUT2D eigenvalue weighted by molar-refractivity contribution is 0.0950. The van der Waals surface area contributed by atoms with Gasteiger partial charge in [-0.1, -0.05) is 35.3 Å². The third-order valence-electron chi connectivity index (χ3n) is 4.24. The first-order chi connectivity index (χ1) is 14.3. The van der Waals surface area contributed by atoms with Crippen LogP contribution in [0.3, 0.4) is 0 Å². The first-order valence-corrected chi connectivity index (χ1v) is 11.4. The second-order valence-electron chi connectivity index (χ2n) is 6.31. The van der Waals surface area contributed by atoms with E-state index in [2.05, 4.69) is 10.3 Å². The van der Waals surface area contributed by atoms with Gasteiger partial charge in [-0.2, -0.15) is 4.21 Å². The van der Waals surface area contributed by atoms with Crippen LogP contribution in [0.25, 0.3) is 0 Å². The standard InChI is InChI=1S/C21H18Cl2N2O4S/c1-2-30(27,28)18-5-3-4-17(11-18)29-20-9-7-15(13-24-20)21(26)25-12-14-6-8-16(22)10-19(14)23/h3-11,13H,2,12H2,1H3,(H,25,26)/p+1. The Bertz CT molecular complexity index is 1170. The summed E-state index contributed by atoms with van der Waals surface area (Å²) >= 11 is 12.0. The molecule has 1 unspecified atom stereocenters. The molecule has 0 aliphatic carbocycles. The number of aromatic nitrogens is 1. The van der Waals surface area contributed by atoms with Crippen LogP contribution in [-0.2, 0) is 16.4 Å². The van der Waals surface area contributed by atoms with E-state index in [4.69, 9.17) is 27.9 Å². The van der Waals surface area contributed by atoms with Crippen LogP contribution in [0.1, 0.15) is 22.8 Å². The van der Waals surface area contributed by atoms with Crippen LogP contribution >= 0.6 is 23.2 Å².